The van der Waals surface area contributed by atoms with Gasteiger partial charge in [0.1, 0.15) is 11.5 Å². The number of aryl methyl sites for hydroxylation is 1. The number of carboxylic acids is 1. The lowest BCUT2D eigenvalue weighted by atomic mass is 10.1. The van der Waals surface area contributed by atoms with Crippen molar-refractivity contribution in [1.29, 1.82) is 0 Å². The van der Waals surface area contributed by atoms with Gasteiger partial charge in [-0.1, -0.05) is 6.92 Å². The molecule has 0 unspecified atom stereocenters. The van der Waals surface area contributed by atoms with Crippen LogP contribution in [0.2, 0.25) is 0 Å². The summed E-state index contributed by atoms with van der Waals surface area (Å²) in [7, 11) is 1.61. The van der Waals surface area contributed by atoms with Crippen LogP contribution >= 0.6 is 0 Å². The minimum absolute atomic E-state index is 0.170. The van der Waals surface area contributed by atoms with E-state index in [9.17, 15) is 4.79 Å². The minimum Gasteiger partial charge on any atom is -0.496 e. The first-order valence-electron chi connectivity index (χ1n) is 6.19. The zero-order valence-corrected chi connectivity index (χ0v) is 10.9. The number of carbonyl (C=O) groups is 1. The second-order valence-electron chi connectivity index (χ2n) is 4.07. The van der Waals surface area contributed by atoms with Crippen molar-refractivity contribution < 1.29 is 19.4 Å². The molecular formula is C14H20O4. The molecule has 1 aromatic carbocycles. The van der Waals surface area contributed by atoms with E-state index in [1.54, 1.807) is 7.11 Å². The summed E-state index contributed by atoms with van der Waals surface area (Å²) in [6.45, 7) is 2.73. The number of ether oxygens (including phenoxy) is 2. The van der Waals surface area contributed by atoms with Gasteiger partial charge < -0.3 is 14.6 Å². The van der Waals surface area contributed by atoms with Gasteiger partial charge >= 0.3 is 5.97 Å². The number of aliphatic carboxylic acids is 1. The minimum atomic E-state index is -0.771. The Bertz CT molecular complexity index is 387. The van der Waals surface area contributed by atoms with Crippen LogP contribution < -0.4 is 9.47 Å². The average molecular weight is 252 g/mol. The quantitative estimate of drug-likeness (QED) is 0.773. The van der Waals surface area contributed by atoms with E-state index in [2.05, 4.69) is 6.92 Å². The van der Waals surface area contributed by atoms with E-state index in [4.69, 9.17) is 14.6 Å². The topological polar surface area (TPSA) is 55.8 Å². The van der Waals surface area contributed by atoms with E-state index < -0.39 is 5.97 Å². The number of rotatable bonds is 8. The summed E-state index contributed by atoms with van der Waals surface area (Å²) in [6, 6.07) is 5.66. The summed E-state index contributed by atoms with van der Waals surface area (Å²) in [5, 5.41) is 8.63. The molecule has 1 rings (SSSR count). The van der Waals surface area contributed by atoms with Crippen molar-refractivity contribution in [3.05, 3.63) is 23.8 Å². The molecule has 0 fully saturated rings. The molecule has 0 aliphatic rings. The van der Waals surface area contributed by atoms with Crippen LogP contribution in [0.1, 0.15) is 31.7 Å². The van der Waals surface area contributed by atoms with E-state index in [1.807, 2.05) is 18.2 Å². The van der Waals surface area contributed by atoms with Gasteiger partial charge in [0.05, 0.1) is 13.7 Å². The van der Waals surface area contributed by atoms with Crippen LogP contribution in [-0.4, -0.2) is 24.8 Å². The first-order chi connectivity index (χ1) is 8.67. The predicted octanol–water partition coefficient (Wildman–Crippen LogP) is 2.89. The summed E-state index contributed by atoms with van der Waals surface area (Å²) >= 11 is 0. The molecular weight excluding hydrogens is 232 g/mol. The molecule has 1 N–H and O–H groups in total. The van der Waals surface area contributed by atoms with Gasteiger partial charge in [-0.15, -0.1) is 0 Å². The third-order valence-electron chi connectivity index (χ3n) is 2.56. The molecule has 0 aliphatic carbocycles. The second kappa shape index (κ2) is 7.58. The lowest BCUT2D eigenvalue weighted by Gasteiger charge is -2.11. The average Bonchev–Trinajstić information content (AvgIpc) is 2.36. The molecule has 0 radical (unpaired) electrons. The van der Waals surface area contributed by atoms with Gasteiger partial charge in [-0.3, -0.25) is 4.79 Å². The predicted molar refractivity (Wildman–Crippen MR) is 69.4 cm³/mol. The van der Waals surface area contributed by atoms with E-state index in [0.717, 1.165) is 23.5 Å². The largest absolute Gasteiger partial charge is 0.496 e. The van der Waals surface area contributed by atoms with E-state index >= 15 is 0 Å². The van der Waals surface area contributed by atoms with Crippen LogP contribution in [0.5, 0.6) is 11.5 Å². The van der Waals surface area contributed by atoms with Gasteiger partial charge in [0, 0.05) is 6.42 Å². The Morgan fingerprint density at radius 2 is 2.17 bits per heavy atom. The first-order valence-corrected chi connectivity index (χ1v) is 6.19. The lowest BCUT2D eigenvalue weighted by molar-refractivity contribution is -0.137. The smallest absolute Gasteiger partial charge is 0.303 e. The molecule has 0 saturated heterocycles. The van der Waals surface area contributed by atoms with Gasteiger partial charge in [0.15, 0.2) is 0 Å². The van der Waals surface area contributed by atoms with Crippen LogP contribution in [-0.2, 0) is 11.2 Å². The molecule has 0 aromatic heterocycles. The van der Waals surface area contributed by atoms with E-state index in [-0.39, 0.29) is 6.42 Å². The number of carboxylic acid groups (broad SMARTS) is 1. The molecule has 0 amide bonds. The van der Waals surface area contributed by atoms with Crippen LogP contribution in [0.4, 0.5) is 0 Å². The van der Waals surface area contributed by atoms with Crippen LogP contribution in [0.15, 0.2) is 18.2 Å². The summed E-state index contributed by atoms with van der Waals surface area (Å²) in [4.78, 5) is 10.5. The van der Waals surface area contributed by atoms with Gasteiger partial charge in [-0.25, -0.2) is 0 Å². The van der Waals surface area contributed by atoms with E-state index in [0.29, 0.717) is 19.4 Å². The van der Waals surface area contributed by atoms with Gasteiger partial charge in [0.25, 0.3) is 0 Å². The number of methoxy groups -OCH3 is 1. The van der Waals surface area contributed by atoms with Crippen LogP contribution in [0.25, 0.3) is 0 Å². The van der Waals surface area contributed by atoms with E-state index in [1.165, 1.54) is 0 Å². The molecule has 0 heterocycles. The molecule has 4 heteroatoms. The molecule has 0 spiro atoms. The Hall–Kier alpha value is -1.71. The maximum absolute atomic E-state index is 10.5. The standard InChI is InChI=1S/C14H20O4/c1-3-9-18-12-7-8-13(17-2)11(10-12)5-4-6-14(15)16/h7-8,10H,3-6,9H2,1-2H3,(H,15,16). The second-order valence-corrected chi connectivity index (χ2v) is 4.07. The molecule has 0 aliphatic heterocycles. The maximum Gasteiger partial charge on any atom is 0.303 e. The zero-order valence-electron chi connectivity index (χ0n) is 10.9. The Balaban J connectivity index is 2.68. The number of benzene rings is 1. The van der Waals surface area contributed by atoms with Crippen molar-refractivity contribution in [2.24, 2.45) is 0 Å². The van der Waals surface area contributed by atoms with Crippen LogP contribution in [0.3, 0.4) is 0 Å². The van der Waals surface area contributed by atoms with Crippen molar-refractivity contribution in [1.82, 2.24) is 0 Å². The highest BCUT2D eigenvalue weighted by molar-refractivity contribution is 5.66. The molecule has 1 aromatic rings. The van der Waals surface area contributed by atoms with Gasteiger partial charge in [-0.05, 0) is 43.0 Å². The van der Waals surface area contributed by atoms with Gasteiger partial charge in [0.2, 0.25) is 0 Å². The number of hydrogen-bond acceptors (Lipinski definition) is 3. The molecule has 18 heavy (non-hydrogen) atoms. The summed E-state index contributed by atoms with van der Waals surface area (Å²) in [5.41, 5.74) is 0.993. The Labute approximate surface area is 108 Å². The van der Waals surface area contributed by atoms with Gasteiger partial charge in [-0.2, -0.15) is 0 Å². The highest BCUT2D eigenvalue weighted by Gasteiger charge is 2.06. The SMILES string of the molecule is CCCOc1ccc(OC)c(CCCC(=O)O)c1. The van der Waals surface area contributed by atoms with Crippen LogP contribution in [0, 0.1) is 0 Å². The monoisotopic (exact) mass is 252 g/mol. The maximum atomic E-state index is 10.5. The van der Waals surface area contributed by atoms with Crippen molar-refractivity contribution in [2.75, 3.05) is 13.7 Å². The van der Waals surface area contributed by atoms with Crippen molar-refractivity contribution in [3.8, 4) is 11.5 Å². The lowest BCUT2D eigenvalue weighted by Crippen LogP contribution is -2.00. The highest BCUT2D eigenvalue weighted by atomic mass is 16.5. The molecule has 100 valence electrons. The Kier molecular flexibility index (Phi) is 6.05. The Morgan fingerprint density at radius 1 is 1.39 bits per heavy atom. The first kappa shape index (κ1) is 14.4. The van der Waals surface area contributed by atoms with Crippen molar-refractivity contribution in [2.45, 2.75) is 32.6 Å². The fourth-order valence-electron chi connectivity index (χ4n) is 1.69. The summed E-state index contributed by atoms with van der Waals surface area (Å²) in [6.07, 6.45) is 2.41. The normalized spacial score (nSPS) is 10.1. The van der Waals surface area contributed by atoms with Crippen molar-refractivity contribution >= 4 is 5.97 Å². The molecule has 4 nitrogen and oxygen atoms in total. The fraction of sp³-hybridized carbons (Fsp3) is 0.500. The Morgan fingerprint density at radius 3 is 2.78 bits per heavy atom. The third kappa shape index (κ3) is 4.65. The zero-order chi connectivity index (χ0) is 13.4. The summed E-state index contributed by atoms with van der Waals surface area (Å²) in [5.74, 6) is 0.819. The fourth-order valence-corrected chi connectivity index (χ4v) is 1.69. The van der Waals surface area contributed by atoms with Crippen molar-refractivity contribution in [3.63, 3.8) is 0 Å². The third-order valence-corrected chi connectivity index (χ3v) is 2.56. The molecule has 0 atom stereocenters. The summed E-state index contributed by atoms with van der Waals surface area (Å²) < 4.78 is 10.8. The highest BCUT2D eigenvalue weighted by Crippen LogP contribution is 2.25. The molecule has 0 bridgehead atoms. The number of hydrogen-bond donors (Lipinski definition) is 1. The molecule has 0 saturated carbocycles.